The number of carbonyl (C=O) groups excluding carboxylic acids is 1. The van der Waals surface area contributed by atoms with Gasteiger partial charge >= 0.3 is 0 Å². The lowest BCUT2D eigenvalue weighted by Crippen LogP contribution is -2.47. The van der Waals surface area contributed by atoms with Crippen molar-refractivity contribution in [3.8, 4) is 11.4 Å². The van der Waals surface area contributed by atoms with Crippen molar-refractivity contribution in [1.29, 1.82) is 0 Å². The molecule has 0 N–H and O–H groups in total. The molecule has 2 fully saturated rings. The van der Waals surface area contributed by atoms with Crippen LogP contribution in [0.2, 0.25) is 0 Å². The molecule has 5 rings (SSSR count). The second-order valence-electron chi connectivity index (χ2n) is 9.91. The molecule has 1 amide bonds. The maximum Gasteiger partial charge on any atom is 0.246 e. The molecule has 6 nitrogen and oxygen atoms in total. The van der Waals surface area contributed by atoms with Gasteiger partial charge in [0.15, 0.2) is 0 Å². The molecule has 0 spiro atoms. The number of hydrogen-bond acceptors (Lipinski definition) is 5. The summed E-state index contributed by atoms with van der Waals surface area (Å²) in [5.74, 6) is 1.33. The van der Waals surface area contributed by atoms with Crippen LogP contribution < -0.4 is 4.90 Å². The van der Waals surface area contributed by atoms with Gasteiger partial charge in [-0.25, -0.2) is 0 Å². The first-order valence-corrected chi connectivity index (χ1v) is 12.6. The third kappa shape index (κ3) is 5.01. The monoisotopic (exact) mass is 458 g/mol. The van der Waals surface area contributed by atoms with Crippen LogP contribution in [0.15, 0.2) is 53.1 Å². The third-order valence-electron chi connectivity index (χ3n) is 7.27. The van der Waals surface area contributed by atoms with Gasteiger partial charge in [-0.15, -0.1) is 0 Å². The molecular weight excluding hydrogens is 424 g/mol. The van der Waals surface area contributed by atoms with E-state index in [-0.39, 0.29) is 17.9 Å². The number of rotatable bonds is 6. The summed E-state index contributed by atoms with van der Waals surface area (Å²) in [6.07, 6.45) is 6.42. The lowest BCUT2D eigenvalue weighted by molar-refractivity contribution is -0.139. The molecule has 1 aliphatic carbocycles. The smallest absolute Gasteiger partial charge is 0.246 e. The molecular formula is C28H34N4O2. The average Bonchev–Trinajstić information content (AvgIpc) is 3.55. The summed E-state index contributed by atoms with van der Waals surface area (Å²) in [6.45, 7) is 6.31. The lowest BCUT2D eigenvalue weighted by Gasteiger charge is -2.37. The Labute approximate surface area is 202 Å². The van der Waals surface area contributed by atoms with Crippen molar-refractivity contribution >= 4 is 11.6 Å². The fraction of sp³-hybridized carbons (Fsp3) is 0.464. The molecule has 34 heavy (non-hydrogen) atoms. The zero-order chi connectivity index (χ0) is 23.5. The summed E-state index contributed by atoms with van der Waals surface area (Å²) in [5.41, 5.74) is 4.55. The highest BCUT2D eigenvalue weighted by atomic mass is 16.5. The maximum atomic E-state index is 13.9. The number of benzene rings is 2. The van der Waals surface area contributed by atoms with E-state index in [2.05, 4.69) is 65.3 Å². The van der Waals surface area contributed by atoms with Crippen LogP contribution in [0.1, 0.15) is 55.5 Å². The molecule has 1 unspecified atom stereocenters. The van der Waals surface area contributed by atoms with Crippen LogP contribution in [0.5, 0.6) is 0 Å². The predicted octanol–water partition coefficient (Wildman–Crippen LogP) is 5.54. The summed E-state index contributed by atoms with van der Waals surface area (Å²) >= 11 is 0. The first kappa shape index (κ1) is 22.6. The minimum atomic E-state index is -0.00480. The zero-order valence-electron chi connectivity index (χ0n) is 20.2. The number of nitrogens with zero attached hydrogens (tertiary/aromatic N) is 4. The summed E-state index contributed by atoms with van der Waals surface area (Å²) in [5, 5.41) is 4.21. The Hall–Kier alpha value is -3.15. The Morgan fingerprint density at radius 2 is 1.82 bits per heavy atom. The van der Waals surface area contributed by atoms with Crippen LogP contribution in [0, 0.1) is 19.8 Å². The summed E-state index contributed by atoms with van der Waals surface area (Å²) in [7, 11) is 0. The van der Waals surface area contributed by atoms with E-state index < -0.39 is 0 Å². The molecule has 1 saturated carbocycles. The van der Waals surface area contributed by atoms with E-state index in [4.69, 9.17) is 4.52 Å². The molecule has 178 valence electrons. The van der Waals surface area contributed by atoms with E-state index in [1.165, 1.54) is 24.1 Å². The van der Waals surface area contributed by atoms with Crippen LogP contribution >= 0.6 is 0 Å². The SMILES string of the molecule is Cc1ccc(N2CCCC(C(=O)N(Cc3nc(-c4cccc(C)c4)no3)C3CCCC3)C2)cc1. The predicted molar refractivity (Wildman–Crippen MR) is 133 cm³/mol. The van der Waals surface area contributed by atoms with Gasteiger partial charge in [-0.2, -0.15) is 4.98 Å². The number of hydrogen-bond donors (Lipinski definition) is 0. The molecule has 1 aromatic heterocycles. The zero-order valence-corrected chi connectivity index (χ0v) is 20.2. The van der Waals surface area contributed by atoms with Gasteiger partial charge in [-0.05, 0) is 57.7 Å². The second-order valence-corrected chi connectivity index (χ2v) is 9.91. The highest BCUT2D eigenvalue weighted by Crippen LogP contribution is 2.30. The molecule has 3 aromatic rings. The minimum Gasteiger partial charge on any atom is -0.371 e. The number of amides is 1. The maximum absolute atomic E-state index is 13.9. The highest BCUT2D eigenvalue weighted by Gasteiger charge is 2.35. The van der Waals surface area contributed by atoms with Crippen molar-refractivity contribution in [3.63, 3.8) is 0 Å². The number of aromatic nitrogens is 2. The van der Waals surface area contributed by atoms with Gasteiger partial charge in [0.2, 0.25) is 17.6 Å². The van der Waals surface area contributed by atoms with Crippen molar-refractivity contribution in [2.75, 3.05) is 18.0 Å². The molecule has 1 atom stereocenters. The van der Waals surface area contributed by atoms with Crippen LogP contribution in [0.25, 0.3) is 11.4 Å². The third-order valence-corrected chi connectivity index (χ3v) is 7.27. The van der Waals surface area contributed by atoms with E-state index in [0.717, 1.165) is 49.9 Å². The van der Waals surface area contributed by atoms with Crippen molar-refractivity contribution < 1.29 is 9.32 Å². The molecule has 0 bridgehead atoms. The first-order chi connectivity index (χ1) is 16.6. The van der Waals surface area contributed by atoms with E-state index in [9.17, 15) is 4.79 Å². The summed E-state index contributed by atoms with van der Waals surface area (Å²) in [4.78, 5) is 22.9. The van der Waals surface area contributed by atoms with E-state index in [0.29, 0.717) is 18.3 Å². The number of piperidine rings is 1. The second kappa shape index (κ2) is 10.00. The first-order valence-electron chi connectivity index (χ1n) is 12.6. The molecule has 2 heterocycles. The molecule has 2 aliphatic rings. The van der Waals surface area contributed by atoms with E-state index >= 15 is 0 Å². The molecule has 6 heteroatoms. The van der Waals surface area contributed by atoms with E-state index in [1.807, 2.05) is 17.0 Å². The van der Waals surface area contributed by atoms with E-state index in [1.54, 1.807) is 0 Å². The van der Waals surface area contributed by atoms with Gasteiger partial charge < -0.3 is 14.3 Å². The quantitative estimate of drug-likeness (QED) is 0.485. The molecule has 0 radical (unpaired) electrons. The topological polar surface area (TPSA) is 62.5 Å². The Morgan fingerprint density at radius 3 is 2.59 bits per heavy atom. The molecule has 2 aromatic carbocycles. The Balaban J connectivity index is 1.33. The Kier molecular flexibility index (Phi) is 6.66. The van der Waals surface area contributed by atoms with Gasteiger partial charge in [-0.3, -0.25) is 4.79 Å². The van der Waals surface area contributed by atoms with Gasteiger partial charge in [-0.1, -0.05) is 59.5 Å². The molecule has 1 saturated heterocycles. The van der Waals surface area contributed by atoms with Crippen LogP contribution in [0.3, 0.4) is 0 Å². The average molecular weight is 459 g/mol. The van der Waals surface area contributed by atoms with Crippen molar-refractivity contribution in [2.24, 2.45) is 5.92 Å². The van der Waals surface area contributed by atoms with Crippen molar-refractivity contribution in [1.82, 2.24) is 15.0 Å². The van der Waals surface area contributed by atoms with Crippen LogP contribution in [-0.2, 0) is 11.3 Å². The lowest BCUT2D eigenvalue weighted by atomic mass is 9.95. The van der Waals surface area contributed by atoms with Gasteiger partial charge in [0.1, 0.15) is 6.54 Å². The van der Waals surface area contributed by atoms with Crippen LogP contribution in [-0.4, -0.2) is 40.1 Å². The normalized spacial score (nSPS) is 18.9. The van der Waals surface area contributed by atoms with Crippen molar-refractivity contribution in [3.05, 3.63) is 65.5 Å². The van der Waals surface area contributed by atoms with Gasteiger partial charge in [0.25, 0.3) is 0 Å². The fourth-order valence-corrected chi connectivity index (χ4v) is 5.37. The largest absolute Gasteiger partial charge is 0.371 e. The van der Waals surface area contributed by atoms with Crippen LogP contribution in [0.4, 0.5) is 5.69 Å². The summed E-state index contributed by atoms with van der Waals surface area (Å²) < 4.78 is 5.62. The minimum absolute atomic E-state index is 0.00480. The van der Waals surface area contributed by atoms with Gasteiger partial charge in [0, 0.05) is 30.4 Å². The summed E-state index contributed by atoms with van der Waals surface area (Å²) in [6, 6.07) is 17.0. The standard InChI is InChI=1S/C28H34N4O2/c1-20-12-14-24(15-13-20)31-16-6-9-23(18-31)28(33)32(25-10-3-4-11-25)19-26-29-27(30-34-26)22-8-5-7-21(2)17-22/h5,7-8,12-15,17,23,25H,3-4,6,9-11,16,18-19H2,1-2H3. The number of aryl methyl sites for hydroxylation is 2. The van der Waals surface area contributed by atoms with Gasteiger partial charge in [0.05, 0.1) is 5.92 Å². The number of carbonyl (C=O) groups is 1. The highest BCUT2D eigenvalue weighted by molar-refractivity contribution is 5.80. The Morgan fingerprint density at radius 1 is 1.03 bits per heavy atom. The Bertz CT molecular complexity index is 1120. The molecule has 1 aliphatic heterocycles. The number of anilines is 1. The fourth-order valence-electron chi connectivity index (χ4n) is 5.37. The van der Waals surface area contributed by atoms with Crippen molar-refractivity contribution in [2.45, 2.75) is 65.0 Å².